The molecule has 1 aromatic carbocycles. The molecule has 0 spiro atoms. The fraction of sp³-hybridized carbons (Fsp3) is 0.500. The van der Waals surface area contributed by atoms with Crippen molar-refractivity contribution in [3.05, 3.63) is 45.8 Å². The highest BCUT2D eigenvalue weighted by Gasteiger charge is 2.55. The summed E-state index contributed by atoms with van der Waals surface area (Å²) in [4.78, 5) is 26.1. The van der Waals surface area contributed by atoms with Crippen LogP contribution >= 0.6 is 23.5 Å². The number of nitrogens with one attached hydrogen (secondary N) is 1. The van der Waals surface area contributed by atoms with Gasteiger partial charge in [0.05, 0.1) is 16.3 Å². The van der Waals surface area contributed by atoms with Crippen molar-refractivity contribution in [2.24, 2.45) is 5.92 Å². The number of aliphatic hydroxyl groups is 1. The smallest absolute Gasteiger partial charge is 0.236 e. The zero-order valence-electron chi connectivity index (χ0n) is 15.7. The normalized spacial score (nSPS) is 22.5. The van der Waals surface area contributed by atoms with Gasteiger partial charge >= 0.3 is 0 Å². The second kappa shape index (κ2) is 9.17. The first-order valence-corrected chi connectivity index (χ1v) is 11.2. The Kier molecular flexibility index (Phi) is 6.89. The molecule has 2 aliphatic heterocycles. The zero-order chi connectivity index (χ0) is 19.4. The van der Waals surface area contributed by atoms with Gasteiger partial charge in [0, 0.05) is 24.4 Å². The summed E-state index contributed by atoms with van der Waals surface area (Å²) in [5.41, 5.74) is 2.18. The van der Waals surface area contributed by atoms with E-state index in [1.165, 1.54) is 5.56 Å². The molecule has 1 aromatic rings. The summed E-state index contributed by atoms with van der Waals surface area (Å²) in [6.07, 6.45) is 1.31. The van der Waals surface area contributed by atoms with Crippen molar-refractivity contribution in [1.29, 1.82) is 0 Å². The summed E-state index contributed by atoms with van der Waals surface area (Å²) in [5, 5.41) is 13.0. The van der Waals surface area contributed by atoms with Crippen LogP contribution in [-0.2, 0) is 16.0 Å². The van der Waals surface area contributed by atoms with Crippen LogP contribution < -0.4 is 5.32 Å². The lowest BCUT2D eigenvalue weighted by atomic mass is 9.90. The minimum atomic E-state index is -0.571. The van der Waals surface area contributed by atoms with Gasteiger partial charge in [0.2, 0.25) is 11.8 Å². The second-order valence-corrected chi connectivity index (χ2v) is 9.27. The van der Waals surface area contributed by atoms with Crippen molar-refractivity contribution >= 4 is 35.3 Å². The summed E-state index contributed by atoms with van der Waals surface area (Å²) in [6, 6.07) is 10.1. The van der Waals surface area contributed by atoms with Gasteiger partial charge in [-0.25, -0.2) is 0 Å². The highest BCUT2D eigenvalue weighted by Crippen LogP contribution is 2.53. The van der Waals surface area contributed by atoms with Crippen molar-refractivity contribution in [1.82, 2.24) is 10.2 Å². The van der Waals surface area contributed by atoms with Gasteiger partial charge in [-0.1, -0.05) is 49.0 Å². The standard InChI is InChI=1S/C20H26N2O3S2/c1-3-15(23)17-18(25)22-13(2)20(27-19(17)22)26-12-10-16(24)21-11-9-14-7-5-4-6-8-14/h4-8,15,17,19,23H,3,9-12H2,1-2H3,(H,21,24)/t15-,17+,19+/m0/s1. The first kappa shape index (κ1) is 20.3. The Morgan fingerprint density at radius 2 is 2.11 bits per heavy atom. The third-order valence-corrected chi connectivity index (χ3v) is 7.81. The van der Waals surface area contributed by atoms with E-state index in [4.69, 9.17) is 0 Å². The van der Waals surface area contributed by atoms with Crippen molar-refractivity contribution in [3.8, 4) is 0 Å². The van der Waals surface area contributed by atoms with Crippen LogP contribution in [0.15, 0.2) is 40.3 Å². The summed E-state index contributed by atoms with van der Waals surface area (Å²) < 4.78 is 1.09. The maximum absolute atomic E-state index is 12.3. The molecule has 0 bridgehead atoms. The number of carbonyl (C=O) groups is 2. The van der Waals surface area contributed by atoms with Crippen molar-refractivity contribution in [2.45, 2.75) is 44.6 Å². The van der Waals surface area contributed by atoms with Gasteiger partial charge in [-0.05, 0) is 25.3 Å². The number of benzene rings is 1. The van der Waals surface area contributed by atoms with Crippen molar-refractivity contribution in [2.75, 3.05) is 12.3 Å². The monoisotopic (exact) mass is 406 g/mol. The first-order chi connectivity index (χ1) is 13.0. The lowest BCUT2D eigenvalue weighted by Crippen LogP contribution is -2.60. The molecule has 5 nitrogen and oxygen atoms in total. The Morgan fingerprint density at radius 1 is 1.37 bits per heavy atom. The number of carbonyl (C=O) groups excluding carboxylic acids is 2. The van der Waals surface area contributed by atoms with E-state index in [1.54, 1.807) is 28.4 Å². The molecule has 1 saturated heterocycles. The molecule has 0 aromatic heterocycles. The van der Waals surface area contributed by atoms with Crippen molar-refractivity contribution in [3.63, 3.8) is 0 Å². The summed E-state index contributed by atoms with van der Waals surface area (Å²) in [7, 11) is 0. The second-order valence-electron chi connectivity index (χ2n) is 6.77. The fourth-order valence-corrected chi connectivity index (χ4v) is 6.22. The highest BCUT2D eigenvalue weighted by atomic mass is 32.2. The number of thioether (sulfide) groups is 2. The van der Waals surface area contributed by atoms with E-state index in [0.717, 1.165) is 16.4 Å². The minimum absolute atomic E-state index is 0.0219. The van der Waals surface area contributed by atoms with Crippen LogP contribution in [-0.4, -0.2) is 45.6 Å². The maximum Gasteiger partial charge on any atom is 0.236 e. The Hall–Kier alpha value is -1.44. The van der Waals surface area contributed by atoms with Crippen LogP contribution in [0.5, 0.6) is 0 Å². The summed E-state index contributed by atoms with van der Waals surface area (Å²) >= 11 is 3.27. The molecule has 2 heterocycles. The molecule has 0 radical (unpaired) electrons. The van der Waals surface area contributed by atoms with E-state index in [2.05, 4.69) is 17.4 Å². The molecule has 3 rings (SSSR count). The third kappa shape index (κ3) is 4.52. The van der Waals surface area contributed by atoms with E-state index in [1.807, 2.05) is 32.0 Å². The number of amides is 2. The minimum Gasteiger partial charge on any atom is -0.392 e. The molecular formula is C20H26N2O3S2. The topological polar surface area (TPSA) is 69.6 Å². The van der Waals surface area contributed by atoms with Gasteiger partial charge in [0.25, 0.3) is 0 Å². The lowest BCUT2D eigenvalue weighted by Gasteiger charge is -2.44. The van der Waals surface area contributed by atoms with Crippen LogP contribution in [0, 0.1) is 5.92 Å². The van der Waals surface area contributed by atoms with Crippen LogP contribution in [0.1, 0.15) is 32.3 Å². The third-order valence-electron chi connectivity index (χ3n) is 4.94. The molecule has 2 amide bonds. The summed E-state index contributed by atoms with van der Waals surface area (Å²) in [5.74, 6) is 0.466. The molecule has 0 saturated carbocycles. The molecule has 1 fully saturated rings. The predicted octanol–water partition coefficient (Wildman–Crippen LogP) is 2.96. The Labute approximate surface area is 169 Å². The van der Waals surface area contributed by atoms with Gasteiger partial charge in [-0.2, -0.15) is 0 Å². The largest absolute Gasteiger partial charge is 0.392 e. The molecule has 2 N–H and O–H groups in total. The average Bonchev–Trinajstić information content (AvgIpc) is 2.94. The van der Waals surface area contributed by atoms with Gasteiger partial charge in [-0.15, -0.1) is 11.8 Å². The van der Waals surface area contributed by atoms with Crippen molar-refractivity contribution < 1.29 is 14.7 Å². The first-order valence-electron chi connectivity index (χ1n) is 9.35. The van der Waals surface area contributed by atoms with Crippen LogP contribution in [0.25, 0.3) is 0 Å². The van der Waals surface area contributed by atoms with Gasteiger partial charge < -0.3 is 15.3 Å². The van der Waals surface area contributed by atoms with Gasteiger partial charge in [0.1, 0.15) is 5.37 Å². The molecule has 27 heavy (non-hydrogen) atoms. The number of hydrogen-bond donors (Lipinski definition) is 2. The van der Waals surface area contributed by atoms with E-state index in [9.17, 15) is 14.7 Å². The number of fused-ring (bicyclic) bond motifs is 1. The quantitative estimate of drug-likeness (QED) is 0.617. The number of nitrogens with zero attached hydrogens (tertiary/aromatic N) is 1. The average molecular weight is 407 g/mol. The fourth-order valence-electron chi connectivity index (χ4n) is 3.32. The highest BCUT2D eigenvalue weighted by molar-refractivity contribution is 8.22. The van der Waals surface area contributed by atoms with Gasteiger partial charge in [-0.3, -0.25) is 9.59 Å². The lowest BCUT2D eigenvalue weighted by molar-refractivity contribution is -0.153. The number of β-lactam (4-membered cyclic amide) rings is 1. The van der Waals surface area contributed by atoms with E-state index < -0.39 is 6.10 Å². The Balaban J connectivity index is 1.38. The molecule has 0 aliphatic carbocycles. The molecule has 3 atom stereocenters. The summed E-state index contributed by atoms with van der Waals surface area (Å²) in [6.45, 7) is 4.49. The van der Waals surface area contributed by atoms with Gasteiger partial charge in [0.15, 0.2) is 0 Å². The molecule has 2 aliphatic rings. The maximum atomic E-state index is 12.3. The molecule has 0 unspecified atom stereocenters. The molecular weight excluding hydrogens is 380 g/mol. The van der Waals surface area contributed by atoms with Crippen LogP contribution in [0.4, 0.5) is 0 Å². The van der Waals surface area contributed by atoms with Crippen LogP contribution in [0.3, 0.4) is 0 Å². The SMILES string of the molecule is CC[C@H](O)[C@@H]1C(=O)N2C(C)=C(SCCC(=O)NCCc3ccccc3)S[C@H]12. The number of allylic oxidation sites excluding steroid dienone is 1. The van der Waals surface area contributed by atoms with E-state index in [0.29, 0.717) is 25.1 Å². The Morgan fingerprint density at radius 3 is 2.81 bits per heavy atom. The number of rotatable bonds is 9. The number of aliphatic hydroxyl groups excluding tert-OH is 1. The zero-order valence-corrected chi connectivity index (χ0v) is 17.3. The number of hydrogen-bond acceptors (Lipinski definition) is 5. The molecule has 7 heteroatoms. The molecule has 146 valence electrons. The van der Waals surface area contributed by atoms with E-state index in [-0.39, 0.29) is 23.1 Å². The van der Waals surface area contributed by atoms with E-state index >= 15 is 0 Å². The van der Waals surface area contributed by atoms with Crippen LogP contribution in [0.2, 0.25) is 0 Å². The Bertz CT molecular complexity index is 723. The predicted molar refractivity (Wildman–Crippen MR) is 111 cm³/mol.